The highest BCUT2D eigenvalue weighted by Gasteiger charge is 2.60. The number of likely N-dealkylation sites (tertiary alicyclic amines) is 1. The monoisotopic (exact) mass is 308 g/mol. The molecule has 3 aliphatic rings. The zero-order valence-corrected chi connectivity index (χ0v) is 12.9. The van der Waals surface area contributed by atoms with Gasteiger partial charge >= 0.3 is 6.09 Å². The van der Waals surface area contributed by atoms with Crippen molar-refractivity contribution in [2.24, 2.45) is 11.8 Å². The fourth-order valence-electron chi connectivity index (χ4n) is 3.17. The maximum Gasteiger partial charge on any atom is 0.407 e. The summed E-state index contributed by atoms with van der Waals surface area (Å²) in [6, 6.07) is 0. The third-order valence-corrected chi connectivity index (χ3v) is 4.01. The number of hydrogen-bond acceptors (Lipinski definition) is 5. The smallest absolute Gasteiger partial charge is 0.407 e. The number of hydrogen-bond donors (Lipinski definition) is 1. The van der Waals surface area contributed by atoms with E-state index in [0.717, 1.165) is 0 Å². The summed E-state index contributed by atoms with van der Waals surface area (Å²) in [7, 11) is 0. The summed E-state index contributed by atoms with van der Waals surface area (Å²) in [6.07, 6.45) is 2.57. The zero-order chi connectivity index (χ0) is 16.1. The SMILES string of the molecule is CC(C)(C)OC(=O)NCCN1C(=O)[C@@H]2[C@H](C1=O)[C@H]1C=C[C@@H]2O1. The van der Waals surface area contributed by atoms with E-state index in [-0.39, 0.29) is 37.1 Å². The molecule has 7 nitrogen and oxygen atoms in total. The van der Waals surface area contributed by atoms with Crippen LogP contribution < -0.4 is 5.32 Å². The third-order valence-electron chi connectivity index (χ3n) is 4.01. The molecular weight excluding hydrogens is 288 g/mol. The van der Waals surface area contributed by atoms with E-state index in [0.29, 0.717) is 0 Å². The second kappa shape index (κ2) is 5.08. The minimum Gasteiger partial charge on any atom is -0.444 e. The summed E-state index contributed by atoms with van der Waals surface area (Å²) >= 11 is 0. The lowest BCUT2D eigenvalue weighted by atomic mass is 9.85. The first kappa shape index (κ1) is 15.0. The first-order chi connectivity index (χ1) is 10.3. The number of fused-ring (bicyclic) bond motifs is 5. The number of amides is 3. The molecule has 0 saturated carbocycles. The number of ether oxygens (including phenoxy) is 2. The van der Waals surface area contributed by atoms with Gasteiger partial charge in [0.25, 0.3) is 0 Å². The molecule has 2 fully saturated rings. The molecule has 0 radical (unpaired) electrons. The molecule has 3 aliphatic heterocycles. The minimum atomic E-state index is -0.581. The zero-order valence-electron chi connectivity index (χ0n) is 12.9. The summed E-state index contributed by atoms with van der Waals surface area (Å²) in [5.41, 5.74) is -0.581. The van der Waals surface area contributed by atoms with Gasteiger partial charge in [0.15, 0.2) is 0 Å². The van der Waals surface area contributed by atoms with Gasteiger partial charge in [-0.25, -0.2) is 4.79 Å². The van der Waals surface area contributed by atoms with Crippen LogP contribution in [0.1, 0.15) is 20.8 Å². The number of carbonyl (C=O) groups excluding carboxylic acids is 3. The molecule has 0 aliphatic carbocycles. The van der Waals surface area contributed by atoms with E-state index in [9.17, 15) is 14.4 Å². The summed E-state index contributed by atoms with van der Waals surface area (Å²) in [5.74, 6) is -1.22. The topological polar surface area (TPSA) is 84.9 Å². The first-order valence-electron chi connectivity index (χ1n) is 7.44. The van der Waals surface area contributed by atoms with E-state index < -0.39 is 23.5 Å². The van der Waals surface area contributed by atoms with E-state index in [2.05, 4.69) is 5.32 Å². The Morgan fingerprint density at radius 3 is 2.27 bits per heavy atom. The van der Waals surface area contributed by atoms with Gasteiger partial charge < -0.3 is 14.8 Å². The van der Waals surface area contributed by atoms with Gasteiger partial charge in [-0.15, -0.1) is 0 Å². The summed E-state index contributed by atoms with van der Waals surface area (Å²) < 4.78 is 10.7. The lowest BCUT2D eigenvalue weighted by Gasteiger charge is -2.21. The van der Waals surface area contributed by atoms with Crippen LogP contribution in [0.2, 0.25) is 0 Å². The van der Waals surface area contributed by atoms with Crippen molar-refractivity contribution in [2.45, 2.75) is 38.6 Å². The fourth-order valence-corrected chi connectivity index (χ4v) is 3.17. The molecule has 3 rings (SSSR count). The average Bonchev–Trinajstić information content (AvgIpc) is 3.05. The number of rotatable bonds is 3. The molecule has 0 unspecified atom stereocenters. The Morgan fingerprint density at radius 1 is 1.23 bits per heavy atom. The predicted molar refractivity (Wildman–Crippen MR) is 75.7 cm³/mol. The lowest BCUT2D eigenvalue weighted by molar-refractivity contribution is -0.142. The Hall–Kier alpha value is -1.89. The molecule has 3 amide bonds. The highest BCUT2D eigenvalue weighted by atomic mass is 16.6. The van der Waals surface area contributed by atoms with Gasteiger partial charge in [0, 0.05) is 13.1 Å². The number of nitrogens with zero attached hydrogens (tertiary/aromatic N) is 1. The quantitative estimate of drug-likeness (QED) is 0.604. The van der Waals surface area contributed by atoms with Gasteiger partial charge in [0.1, 0.15) is 5.60 Å². The fraction of sp³-hybridized carbons (Fsp3) is 0.667. The van der Waals surface area contributed by atoms with E-state index in [1.54, 1.807) is 20.8 Å². The Balaban J connectivity index is 1.53. The van der Waals surface area contributed by atoms with E-state index in [1.807, 2.05) is 12.2 Å². The molecule has 0 aromatic rings. The van der Waals surface area contributed by atoms with Crippen molar-refractivity contribution < 1.29 is 23.9 Å². The number of alkyl carbamates (subject to hydrolysis) is 1. The molecule has 0 spiro atoms. The molecule has 1 N–H and O–H groups in total. The highest BCUT2D eigenvalue weighted by Crippen LogP contribution is 2.44. The third kappa shape index (κ3) is 2.49. The van der Waals surface area contributed by atoms with Crippen molar-refractivity contribution in [3.63, 3.8) is 0 Å². The van der Waals surface area contributed by atoms with E-state index >= 15 is 0 Å². The van der Waals surface area contributed by atoms with Gasteiger partial charge in [-0.05, 0) is 20.8 Å². The summed E-state index contributed by atoms with van der Waals surface area (Å²) in [5, 5.41) is 2.56. The molecule has 3 heterocycles. The Morgan fingerprint density at radius 2 is 1.77 bits per heavy atom. The van der Waals surface area contributed by atoms with Crippen molar-refractivity contribution >= 4 is 17.9 Å². The largest absolute Gasteiger partial charge is 0.444 e. The number of carbonyl (C=O) groups is 3. The molecule has 0 aromatic carbocycles. The average molecular weight is 308 g/mol. The lowest BCUT2D eigenvalue weighted by Crippen LogP contribution is -2.41. The first-order valence-corrected chi connectivity index (χ1v) is 7.44. The Labute approximate surface area is 128 Å². The summed E-state index contributed by atoms with van der Waals surface area (Å²) in [6.45, 7) is 5.64. The van der Waals surface area contributed by atoms with Gasteiger partial charge in [-0.3, -0.25) is 14.5 Å². The van der Waals surface area contributed by atoms with Gasteiger partial charge in [-0.2, -0.15) is 0 Å². The highest BCUT2D eigenvalue weighted by molar-refractivity contribution is 6.06. The normalized spacial score (nSPS) is 32.6. The molecule has 120 valence electrons. The van der Waals surface area contributed by atoms with Crippen LogP contribution in [0, 0.1) is 11.8 Å². The predicted octanol–water partition coefficient (Wildman–Crippen LogP) is 0.450. The molecule has 0 aromatic heterocycles. The summed E-state index contributed by atoms with van der Waals surface area (Å²) in [4.78, 5) is 37.5. The molecule has 2 bridgehead atoms. The van der Waals surface area contributed by atoms with Crippen LogP contribution in [-0.4, -0.2) is 53.7 Å². The maximum absolute atomic E-state index is 12.3. The van der Waals surface area contributed by atoms with Gasteiger partial charge in [0.05, 0.1) is 24.0 Å². The van der Waals surface area contributed by atoms with Crippen LogP contribution >= 0.6 is 0 Å². The van der Waals surface area contributed by atoms with Crippen molar-refractivity contribution in [2.75, 3.05) is 13.1 Å². The van der Waals surface area contributed by atoms with Gasteiger partial charge in [-0.1, -0.05) is 12.2 Å². The van der Waals surface area contributed by atoms with Gasteiger partial charge in [0.2, 0.25) is 11.8 Å². The van der Waals surface area contributed by atoms with Crippen molar-refractivity contribution in [3.8, 4) is 0 Å². The van der Waals surface area contributed by atoms with Crippen molar-refractivity contribution in [3.05, 3.63) is 12.2 Å². The van der Waals surface area contributed by atoms with Crippen molar-refractivity contribution in [1.82, 2.24) is 10.2 Å². The van der Waals surface area contributed by atoms with E-state index in [4.69, 9.17) is 9.47 Å². The van der Waals surface area contributed by atoms with Crippen LogP contribution in [0.25, 0.3) is 0 Å². The van der Waals surface area contributed by atoms with Crippen LogP contribution in [0.4, 0.5) is 4.79 Å². The molecule has 7 heteroatoms. The molecular formula is C15H20N2O5. The second-order valence-corrected chi connectivity index (χ2v) is 6.76. The number of imide groups is 1. The van der Waals surface area contributed by atoms with Crippen LogP contribution in [-0.2, 0) is 19.1 Å². The molecule has 4 atom stereocenters. The van der Waals surface area contributed by atoms with Crippen molar-refractivity contribution in [1.29, 1.82) is 0 Å². The standard InChI is InChI=1S/C15H20N2O5/c1-15(2,3)22-14(20)16-6-7-17-12(18)10-8-4-5-9(21-8)11(10)13(17)19/h4-5,8-11H,6-7H2,1-3H3,(H,16,20)/t8-,9+,10-,11+. The number of nitrogens with one attached hydrogen (secondary N) is 1. The maximum atomic E-state index is 12.3. The van der Waals surface area contributed by atoms with E-state index in [1.165, 1.54) is 4.90 Å². The molecule has 2 saturated heterocycles. The Bertz CT molecular complexity index is 521. The molecule has 22 heavy (non-hydrogen) atoms. The van der Waals surface area contributed by atoms with Crippen LogP contribution in [0.5, 0.6) is 0 Å². The van der Waals surface area contributed by atoms with Crippen LogP contribution in [0.3, 0.4) is 0 Å². The second-order valence-electron chi connectivity index (χ2n) is 6.76. The van der Waals surface area contributed by atoms with Crippen LogP contribution in [0.15, 0.2) is 12.2 Å². The Kier molecular flexibility index (Phi) is 3.47. The minimum absolute atomic E-state index is 0.156.